The molecule has 6 heteroatoms. The molecule has 2 N–H and O–H groups in total. The molecule has 0 aliphatic carbocycles. The molecule has 0 atom stereocenters. The number of hydrogen-bond donors (Lipinski definition) is 2. The fraction of sp³-hybridized carbons (Fsp3) is 0.500. The number of likely N-dealkylation sites (tertiary alicyclic amines) is 1. The molecule has 0 bridgehead atoms. The van der Waals surface area contributed by atoms with E-state index in [1.807, 2.05) is 11.8 Å². The topological polar surface area (TPSA) is 74.3 Å². The Balaban J connectivity index is 1.90. The second kappa shape index (κ2) is 6.88. The van der Waals surface area contributed by atoms with Crippen molar-refractivity contribution in [2.45, 2.75) is 19.8 Å². The van der Waals surface area contributed by atoms with Crippen LogP contribution in [0, 0.1) is 0 Å². The molecule has 2 amide bonds. The van der Waals surface area contributed by atoms with Gasteiger partial charge < -0.3 is 15.5 Å². The second-order valence-electron chi connectivity index (χ2n) is 4.73. The molecule has 0 spiro atoms. The summed E-state index contributed by atoms with van der Waals surface area (Å²) in [6, 6.07) is 3.41. The van der Waals surface area contributed by atoms with Gasteiger partial charge in [-0.25, -0.2) is 0 Å². The Kier molecular flexibility index (Phi) is 4.92. The van der Waals surface area contributed by atoms with Crippen LogP contribution >= 0.6 is 0 Å². The lowest BCUT2D eigenvalue weighted by atomic mass is 10.3. The maximum Gasteiger partial charge on any atom is 0.269 e. The van der Waals surface area contributed by atoms with E-state index in [-0.39, 0.29) is 18.4 Å². The van der Waals surface area contributed by atoms with Crippen LogP contribution in [0.5, 0.6) is 0 Å². The number of nitrogens with one attached hydrogen (secondary N) is 2. The Bertz CT molecular complexity index is 484. The second-order valence-corrected chi connectivity index (χ2v) is 4.73. The molecule has 0 unspecified atom stereocenters. The molecule has 0 aromatic carbocycles. The zero-order chi connectivity index (χ0) is 14.4. The Morgan fingerprint density at radius 1 is 1.35 bits per heavy atom. The monoisotopic (exact) mass is 276 g/mol. The number of anilines is 1. The molecule has 1 aromatic rings. The molecule has 1 aromatic heterocycles. The van der Waals surface area contributed by atoms with Gasteiger partial charge in [0.2, 0.25) is 5.91 Å². The highest BCUT2D eigenvalue weighted by atomic mass is 16.2. The summed E-state index contributed by atoms with van der Waals surface area (Å²) < 4.78 is 0. The number of nitrogens with zero attached hydrogens (tertiary/aromatic N) is 2. The molecule has 1 saturated heterocycles. The lowest BCUT2D eigenvalue weighted by molar-refractivity contribution is -0.128. The van der Waals surface area contributed by atoms with E-state index < -0.39 is 0 Å². The van der Waals surface area contributed by atoms with E-state index in [1.165, 1.54) is 0 Å². The summed E-state index contributed by atoms with van der Waals surface area (Å²) in [6.45, 7) is 4.36. The van der Waals surface area contributed by atoms with Crippen molar-refractivity contribution in [3.63, 3.8) is 0 Å². The molecular weight excluding hydrogens is 256 g/mol. The molecule has 6 nitrogen and oxygen atoms in total. The Hall–Kier alpha value is -2.11. The van der Waals surface area contributed by atoms with E-state index in [0.717, 1.165) is 31.6 Å². The van der Waals surface area contributed by atoms with E-state index in [0.29, 0.717) is 12.2 Å². The lowest BCUT2D eigenvalue weighted by Gasteiger charge is -2.16. The van der Waals surface area contributed by atoms with E-state index in [1.54, 1.807) is 18.3 Å². The van der Waals surface area contributed by atoms with Crippen LogP contribution in [0.4, 0.5) is 5.69 Å². The van der Waals surface area contributed by atoms with Gasteiger partial charge in [0, 0.05) is 31.5 Å². The summed E-state index contributed by atoms with van der Waals surface area (Å²) in [5.41, 5.74) is 1.08. The predicted octanol–water partition coefficient (Wildman–Crippen LogP) is 0.866. The van der Waals surface area contributed by atoms with E-state index in [4.69, 9.17) is 0 Å². The average molecular weight is 276 g/mol. The minimum absolute atomic E-state index is 0.0962. The number of pyridine rings is 1. The number of carbonyl (C=O) groups excluding carboxylic acids is 2. The highest BCUT2D eigenvalue weighted by molar-refractivity contribution is 5.93. The maximum absolute atomic E-state index is 11.9. The van der Waals surface area contributed by atoms with E-state index >= 15 is 0 Å². The van der Waals surface area contributed by atoms with Gasteiger partial charge in [-0.05, 0) is 31.9 Å². The van der Waals surface area contributed by atoms with Gasteiger partial charge in [-0.2, -0.15) is 0 Å². The van der Waals surface area contributed by atoms with Crippen LogP contribution < -0.4 is 10.6 Å². The minimum atomic E-state index is -0.206. The Labute approximate surface area is 118 Å². The standard InChI is InChI=1S/C14H20N4O2/c1-2-15-14(20)12-9-11(5-6-16-12)17-10-13(19)18-7-3-4-8-18/h5-6,9H,2-4,7-8,10H2,1H3,(H,15,20)(H,16,17). The van der Waals surface area contributed by atoms with Crippen LogP contribution in [-0.4, -0.2) is 47.9 Å². The quantitative estimate of drug-likeness (QED) is 0.836. The van der Waals surface area contributed by atoms with Gasteiger partial charge in [0.25, 0.3) is 5.91 Å². The van der Waals surface area contributed by atoms with Crippen molar-refractivity contribution >= 4 is 17.5 Å². The minimum Gasteiger partial charge on any atom is -0.376 e. The van der Waals surface area contributed by atoms with Crippen LogP contribution in [0.3, 0.4) is 0 Å². The number of carbonyl (C=O) groups is 2. The summed E-state index contributed by atoms with van der Waals surface area (Å²) in [5, 5.41) is 5.74. The van der Waals surface area contributed by atoms with Gasteiger partial charge in [0.05, 0.1) is 6.54 Å². The van der Waals surface area contributed by atoms with Crippen LogP contribution in [0.1, 0.15) is 30.3 Å². The van der Waals surface area contributed by atoms with Crippen molar-refractivity contribution in [3.8, 4) is 0 Å². The summed E-state index contributed by atoms with van der Waals surface area (Å²) in [7, 11) is 0. The summed E-state index contributed by atoms with van der Waals surface area (Å²) in [6.07, 6.45) is 3.73. The molecule has 0 radical (unpaired) electrons. The molecule has 108 valence electrons. The first-order valence-electron chi connectivity index (χ1n) is 6.96. The SMILES string of the molecule is CCNC(=O)c1cc(NCC(=O)N2CCCC2)ccn1. The number of rotatable bonds is 5. The third-order valence-electron chi connectivity index (χ3n) is 3.23. The Morgan fingerprint density at radius 3 is 2.80 bits per heavy atom. The summed E-state index contributed by atoms with van der Waals surface area (Å²) in [5.74, 6) is -0.110. The van der Waals surface area contributed by atoms with Gasteiger partial charge in [0.1, 0.15) is 5.69 Å². The highest BCUT2D eigenvalue weighted by Crippen LogP contribution is 2.10. The Morgan fingerprint density at radius 2 is 2.10 bits per heavy atom. The van der Waals surface area contributed by atoms with Crippen molar-refractivity contribution in [1.29, 1.82) is 0 Å². The number of hydrogen-bond acceptors (Lipinski definition) is 4. The number of amides is 2. The molecule has 1 aliphatic rings. The summed E-state index contributed by atoms with van der Waals surface area (Å²) in [4.78, 5) is 29.5. The number of aromatic nitrogens is 1. The molecule has 20 heavy (non-hydrogen) atoms. The first-order valence-corrected chi connectivity index (χ1v) is 6.96. The van der Waals surface area contributed by atoms with Crippen LogP contribution in [0.25, 0.3) is 0 Å². The largest absolute Gasteiger partial charge is 0.376 e. The molecule has 1 fully saturated rings. The highest BCUT2D eigenvalue weighted by Gasteiger charge is 2.17. The maximum atomic E-state index is 11.9. The van der Waals surface area contributed by atoms with E-state index in [2.05, 4.69) is 15.6 Å². The van der Waals surface area contributed by atoms with Crippen LogP contribution in [0.2, 0.25) is 0 Å². The van der Waals surface area contributed by atoms with Gasteiger partial charge >= 0.3 is 0 Å². The zero-order valence-electron chi connectivity index (χ0n) is 11.7. The smallest absolute Gasteiger partial charge is 0.269 e. The lowest BCUT2D eigenvalue weighted by Crippen LogP contribution is -2.33. The molecule has 2 heterocycles. The first kappa shape index (κ1) is 14.3. The van der Waals surface area contributed by atoms with Gasteiger partial charge in [-0.1, -0.05) is 0 Å². The first-order chi connectivity index (χ1) is 9.70. The molecule has 2 rings (SSSR count). The molecule has 1 aliphatic heterocycles. The summed E-state index contributed by atoms with van der Waals surface area (Å²) >= 11 is 0. The van der Waals surface area contributed by atoms with Crippen LogP contribution in [0.15, 0.2) is 18.3 Å². The normalized spacial score (nSPS) is 14.2. The van der Waals surface area contributed by atoms with Gasteiger partial charge in [-0.15, -0.1) is 0 Å². The van der Waals surface area contributed by atoms with Gasteiger partial charge in [0.15, 0.2) is 0 Å². The fourth-order valence-corrected chi connectivity index (χ4v) is 2.17. The molecule has 0 saturated carbocycles. The fourth-order valence-electron chi connectivity index (χ4n) is 2.17. The van der Waals surface area contributed by atoms with Gasteiger partial charge in [-0.3, -0.25) is 14.6 Å². The third-order valence-corrected chi connectivity index (χ3v) is 3.23. The zero-order valence-corrected chi connectivity index (χ0v) is 11.7. The third kappa shape index (κ3) is 3.69. The van der Waals surface area contributed by atoms with Crippen molar-refractivity contribution in [3.05, 3.63) is 24.0 Å². The van der Waals surface area contributed by atoms with Crippen molar-refractivity contribution in [2.24, 2.45) is 0 Å². The average Bonchev–Trinajstić information content (AvgIpc) is 2.99. The van der Waals surface area contributed by atoms with Crippen molar-refractivity contribution in [2.75, 3.05) is 31.5 Å². The molecular formula is C14H20N4O2. The van der Waals surface area contributed by atoms with E-state index in [9.17, 15) is 9.59 Å². The van der Waals surface area contributed by atoms with Crippen molar-refractivity contribution in [1.82, 2.24) is 15.2 Å². The van der Waals surface area contributed by atoms with Crippen molar-refractivity contribution < 1.29 is 9.59 Å². The van der Waals surface area contributed by atoms with Crippen LogP contribution in [-0.2, 0) is 4.79 Å². The predicted molar refractivity (Wildman–Crippen MR) is 76.5 cm³/mol.